The third kappa shape index (κ3) is 5.43. The van der Waals surface area contributed by atoms with Crippen LogP contribution in [0.5, 0.6) is 0 Å². The molecule has 1 aliphatic rings. The molecule has 7 nitrogen and oxygen atoms in total. The number of carboxylic acid groups (broad SMARTS) is 1. The van der Waals surface area contributed by atoms with Gasteiger partial charge in [0, 0.05) is 18.2 Å². The highest BCUT2D eigenvalue weighted by atomic mass is 32.2. The van der Waals surface area contributed by atoms with Crippen molar-refractivity contribution in [3.8, 4) is 11.1 Å². The Labute approximate surface area is 192 Å². The van der Waals surface area contributed by atoms with Gasteiger partial charge in [0.25, 0.3) is 0 Å². The molecule has 1 atom stereocenters. The number of aliphatic carboxylic acids is 1. The maximum atomic E-state index is 12.8. The summed E-state index contributed by atoms with van der Waals surface area (Å²) in [5.41, 5.74) is 4.48. The minimum atomic E-state index is -1.09. The molecule has 0 unspecified atom stereocenters. The van der Waals surface area contributed by atoms with E-state index in [0.29, 0.717) is 18.7 Å². The monoisotopic (exact) mass is 456 g/mol. The van der Waals surface area contributed by atoms with Crippen molar-refractivity contribution in [1.29, 1.82) is 0 Å². The van der Waals surface area contributed by atoms with Gasteiger partial charge >= 0.3 is 12.1 Å². The summed E-state index contributed by atoms with van der Waals surface area (Å²) in [4.78, 5) is 37.8. The van der Waals surface area contributed by atoms with Crippen LogP contribution in [0.3, 0.4) is 0 Å². The van der Waals surface area contributed by atoms with E-state index in [2.05, 4.69) is 17.4 Å². The summed E-state index contributed by atoms with van der Waals surface area (Å²) in [6.07, 6.45) is 1.53. The van der Waals surface area contributed by atoms with Gasteiger partial charge in [-0.3, -0.25) is 9.59 Å². The van der Waals surface area contributed by atoms with E-state index in [9.17, 15) is 14.4 Å². The second-order valence-corrected chi connectivity index (χ2v) is 8.56. The number of carbonyl (C=O) groups excluding carboxylic acids is 2. The fourth-order valence-electron chi connectivity index (χ4n) is 3.97. The predicted octanol–water partition coefficient (Wildman–Crippen LogP) is 3.58. The molecule has 3 rings (SSSR count). The molecule has 2 aromatic rings. The molecular formula is C24H28N2O5S. The quantitative estimate of drug-likeness (QED) is 0.567. The van der Waals surface area contributed by atoms with Gasteiger partial charge < -0.3 is 20.1 Å². The number of nitrogens with zero attached hydrogens (tertiary/aromatic N) is 1. The van der Waals surface area contributed by atoms with E-state index < -0.39 is 30.6 Å². The molecular weight excluding hydrogens is 428 g/mol. The number of alkyl carbamates (subject to hydrolysis) is 1. The zero-order valence-corrected chi connectivity index (χ0v) is 19.1. The van der Waals surface area contributed by atoms with Gasteiger partial charge in [0.05, 0.1) is 0 Å². The van der Waals surface area contributed by atoms with Crippen LogP contribution in [-0.4, -0.2) is 65.7 Å². The molecule has 2 aromatic carbocycles. The maximum absolute atomic E-state index is 12.8. The number of hydrogen-bond acceptors (Lipinski definition) is 5. The number of hydrogen-bond donors (Lipinski definition) is 2. The van der Waals surface area contributed by atoms with Crippen molar-refractivity contribution in [2.45, 2.75) is 25.3 Å². The molecule has 8 heteroatoms. The van der Waals surface area contributed by atoms with Crippen LogP contribution in [0, 0.1) is 0 Å². The number of benzene rings is 2. The molecule has 2 amide bonds. The first-order valence-corrected chi connectivity index (χ1v) is 12.0. The Bertz CT molecular complexity index is 935. The highest BCUT2D eigenvalue weighted by Crippen LogP contribution is 2.44. The Hall–Kier alpha value is -3.00. The van der Waals surface area contributed by atoms with E-state index in [1.54, 1.807) is 6.92 Å². The fourth-order valence-corrected chi connectivity index (χ4v) is 4.38. The average Bonchev–Trinajstić information content (AvgIpc) is 3.12. The molecule has 0 heterocycles. The van der Waals surface area contributed by atoms with Crippen molar-refractivity contribution in [2.24, 2.45) is 0 Å². The summed E-state index contributed by atoms with van der Waals surface area (Å²) >= 11 is 1.52. The van der Waals surface area contributed by atoms with Crippen LogP contribution in [0.4, 0.5) is 4.79 Å². The highest BCUT2D eigenvalue weighted by molar-refractivity contribution is 7.98. The predicted molar refractivity (Wildman–Crippen MR) is 125 cm³/mol. The van der Waals surface area contributed by atoms with Gasteiger partial charge in [-0.05, 0) is 34.9 Å². The lowest BCUT2D eigenvalue weighted by molar-refractivity contribution is -0.145. The lowest BCUT2D eigenvalue weighted by Crippen LogP contribution is -2.50. The zero-order chi connectivity index (χ0) is 23.1. The van der Waals surface area contributed by atoms with Gasteiger partial charge in [-0.1, -0.05) is 55.5 Å². The van der Waals surface area contributed by atoms with E-state index >= 15 is 0 Å². The number of fused-ring (bicyclic) bond motifs is 3. The van der Waals surface area contributed by atoms with Crippen molar-refractivity contribution in [3.05, 3.63) is 59.7 Å². The lowest BCUT2D eigenvalue weighted by Gasteiger charge is -2.26. The Morgan fingerprint density at radius 3 is 2.22 bits per heavy atom. The average molecular weight is 457 g/mol. The minimum Gasteiger partial charge on any atom is -0.480 e. The number of nitrogens with one attached hydrogen (secondary N) is 1. The first-order valence-electron chi connectivity index (χ1n) is 10.6. The number of carbonyl (C=O) groups is 3. The molecule has 32 heavy (non-hydrogen) atoms. The second kappa shape index (κ2) is 11.0. The van der Waals surface area contributed by atoms with E-state index in [1.165, 1.54) is 16.7 Å². The number of amides is 2. The van der Waals surface area contributed by atoms with Crippen LogP contribution in [0.25, 0.3) is 11.1 Å². The Morgan fingerprint density at radius 1 is 1.09 bits per heavy atom. The van der Waals surface area contributed by atoms with E-state index in [1.807, 2.05) is 42.7 Å². The van der Waals surface area contributed by atoms with Crippen molar-refractivity contribution >= 4 is 29.7 Å². The fraction of sp³-hybridized carbons (Fsp3) is 0.375. The van der Waals surface area contributed by atoms with Gasteiger partial charge in [-0.2, -0.15) is 11.8 Å². The topological polar surface area (TPSA) is 95.9 Å². The number of ether oxygens (including phenoxy) is 1. The molecule has 0 radical (unpaired) electrons. The van der Waals surface area contributed by atoms with Crippen molar-refractivity contribution in [2.75, 3.05) is 31.7 Å². The molecule has 1 aliphatic carbocycles. The summed E-state index contributed by atoms with van der Waals surface area (Å²) in [6, 6.07) is 15.3. The smallest absolute Gasteiger partial charge is 0.407 e. The third-order valence-corrected chi connectivity index (χ3v) is 6.14. The van der Waals surface area contributed by atoms with Crippen LogP contribution in [0.2, 0.25) is 0 Å². The Balaban J connectivity index is 1.64. The number of thioether (sulfide) groups is 1. The SMILES string of the molecule is CC[C@@H](NC(=O)OCC1c2ccccc2-c2ccccc21)C(=O)N(CCSC)CC(=O)O. The first kappa shape index (κ1) is 23.7. The van der Waals surface area contributed by atoms with Gasteiger partial charge in [-0.25, -0.2) is 4.79 Å². The molecule has 2 N–H and O–H groups in total. The van der Waals surface area contributed by atoms with E-state index in [0.717, 1.165) is 22.3 Å². The lowest BCUT2D eigenvalue weighted by atomic mass is 9.98. The van der Waals surface area contributed by atoms with Gasteiger partial charge in [0.15, 0.2) is 0 Å². The molecule has 0 saturated carbocycles. The summed E-state index contributed by atoms with van der Waals surface area (Å²) < 4.78 is 5.52. The molecule has 0 fully saturated rings. The standard InChI is InChI=1S/C24H28N2O5S/c1-3-21(23(29)26(12-13-32-2)14-22(27)28)25-24(30)31-15-20-18-10-6-4-8-16(18)17-9-5-7-11-19(17)20/h4-11,20-21H,3,12-15H2,1-2H3,(H,25,30)(H,27,28)/t21-/m1/s1. The zero-order valence-electron chi connectivity index (χ0n) is 18.2. The Kier molecular flexibility index (Phi) is 8.16. The van der Waals surface area contributed by atoms with Crippen molar-refractivity contribution < 1.29 is 24.2 Å². The number of carboxylic acids is 1. The van der Waals surface area contributed by atoms with Crippen LogP contribution in [0.1, 0.15) is 30.4 Å². The maximum Gasteiger partial charge on any atom is 0.407 e. The van der Waals surface area contributed by atoms with E-state index in [4.69, 9.17) is 9.84 Å². The van der Waals surface area contributed by atoms with E-state index in [-0.39, 0.29) is 12.5 Å². The largest absolute Gasteiger partial charge is 0.480 e. The molecule has 0 spiro atoms. The van der Waals surface area contributed by atoms with Crippen LogP contribution in [-0.2, 0) is 14.3 Å². The second-order valence-electron chi connectivity index (χ2n) is 7.58. The molecule has 0 aliphatic heterocycles. The Morgan fingerprint density at radius 2 is 1.69 bits per heavy atom. The normalized spacial score (nSPS) is 13.1. The first-order chi connectivity index (χ1) is 15.5. The van der Waals surface area contributed by atoms with Gasteiger partial charge in [0.2, 0.25) is 5.91 Å². The molecule has 0 saturated heterocycles. The molecule has 0 aromatic heterocycles. The van der Waals surface area contributed by atoms with Crippen LogP contribution < -0.4 is 5.32 Å². The highest BCUT2D eigenvalue weighted by Gasteiger charge is 2.30. The van der Waals surface area contributed by atoms with Crippen molar-refractivity contribution in [1.82, 2.24) is 10.2 Å². The summed E-state index contributed by atoms with van der Waals surface area (Å²) in [5, 5.41) is 11.7. The van der Waals surface area contributed by atoms with Gasteiger partial charge in [-0.15, -0.1) is 0 Å². The minimum absolute atomic E-state index is 0.0750. The summed E-state index contributed by atoms with van der Waals surface area (Å²) in [6.45, 7) is 1.81. The summed E-state index contributed by atoms with van der Waals surface area (Å²) in [7, 11) is 0. The van der Waals surface area contributed by atoms with Crippen molar-refractivity contribution in [3.63, 3.8) is 0 Å². The third-order valence-electron chi connectivity index (χ3n) is 5.55. The van der Waals surface area contributed by atoms with Crippen LogP contribution >= 0.6 is 11.8 Å². The summed E-state index contributed by atoms with van der Waals surface area (Å²) in [5.74, 6) is -0.970. The molecule has 0 bridgehead atoms. The molecule has 170 valence electrons. The van der Waals surface area contributed by atoms with Gasteiger partial charge in [0.1, 0.15) is 19.2 Å². The van der Waals surface area contributed by atoms with Crippen LogP contribution in [0.15, 0.2) is 48.5 Å². The number of rotatable bonds is 10.